The molecule has 0 saturated heterocycles. The van der Waals surface area contributed by atoms with Crippen molar-refractivity contribution >= 4 is 34.1 Å². The molecule has 2 rings (SSSR count). The molecule has 7 nitrogen and oxygen atoms in total. The van der Waals surface area contributed by atoms with Crippen LogP contribution in [-0.4, -0.2) is 30.5 Å². The van der Waals surface area contributed by atoms with Gasteiger partial charge in [0.2, 0.25) is 0 Å². The van der Waals surface area contributed by atoms with Gasteiger partial charge in [-0.3, -0.25) is 9.59 Å². The molecule has 0 saturated carbocycles. The van der Waals surface area contributed by atoms with Crippen LogP contribution in [0, 0.1) is 0 Å². The smallest absolute Gasteiger partial charge is 0.344 e. The van der Waals surface area contributed by atoms with Gasteiger partial charge in [0.1, 0.15) is 10.8 Å². The minimum absolute atomic E-state index is 0.208. The Morgan fingerprint density at radius 2 is 1.92 bits per heavy atom. The maximum absolute atomic E-state index is 12.0. The number of hydrogen-bond acceptors (Lipinski definition) is 6. The van der Waals surface area contributed by atoms with Gasteiger partial charge in [0.05, 0.1) is 5.56 Å². The van der Waals surface area contributed by atoms with Gasteiger partial charge in [0, 0.05) is 0 Å². The zero-order chi connectivity index (χ0) is 17.5. The van der Waals surface area contributed by atoms with Gasteiger partial charge in [-0.2, -0.15) is 0 Å². The normalized spacial score (nSPS) is 11.4. The summed E-state index contributed by atoms with van der Waals surface area (Å²) in [4.78, 5) is 34.9. The standard InChI is InChI=1S/C16H16N2O5S/c1-10(15(21)18-16-12(14(17)20)7-8-24-16)23-13(19)9-22-11-5-3-2-4-6-11/h2-8,10H,9H2,1H3,(H2,17,20)(H,18,21)/t10-/m1/s1. The van der Waals surface area contributed by atoms with Crippen LogP contribution in [0.15, 0.2) is 41.8 Å². The molecule has 0 aliphatic heterocycles. The van der Waals surface area contributed by atoms with E-state index in [-0.39, 0.29) is 12.2 Å². The van der Waals surface area contributed by atoms with Gasteiger partial charge < -0.3 is 20.5 Å². The van der Waals surface area contributed by atoms with Gasteiger partial charge in [-0.05, 0) is 30.5 Å². The number of rotatable bonds is 7. The number of thiophene rings is 1. The number of nitrogens with one attached hydrogen (secondary N) is 1. The van der Waals surface area contributed by atoms with Crippen molar-refractivity contribution in [1.82, 2.24) is 0 Å². The number of carbonyl (C=O) groups excluding carboxylic acids is 3. The Labute approximate surface area is 142 Å². The van der Waals surface area contributed by atoms with E-state index in [2.05, 4.69) is 5.32 Å². The molecule has 0 spiro atoms. The van der Waals surface area contributed by atoms with E-state index < -0.39 is 23.9 Å². The van der Waals surface area contributed by atoms with Crippen LogP contribution in [0.2, 0.25) is 0 Å². The van der Waals surface area contributed by atoms with Crippen molar-refractivity contribution in [2.75, 3.05) is 11.9 Å². The Morgan fingerprint density at radius 1 is 1.21 bits per heavy atom. The molecular weight excluding hydrogens is 332 g/mol. The number of anilines is 1. The van der Waals surface area contributed by atoms with E-state index in [9.17, 15) is 14.4 Å². The zero-order valence-corrected chi connectivity index (χ0v) is 13.7. The quantitative estimate of drug-likeness (QED) is 0.742. The Kier molecular flexibility index (Phi) is 5.91. The topological polar surface area (TPSA) is 108 Å². The summed E-state index contributed by atoms with van der Waals surface area (Å²) in [7, 11) is 0. The molecule has 1 atom stereocenters. The highest BCUT2D eigenvalue weighted by atomic mass is 32.1. The van der Waals surface area contributed by atoms with E-state index in [4.69, 9.17) is 15.2 Å². The van der Waals surface area contributed by atoms with Gasteiger partial charge in [-0.25, -0.2) is 4.79 Å². The highest BCUT2D eigenvalue weighted by Crippen LogP contribution is 2.22. The van der Waals surface area contributed by atoms with Gasteiger partial charge in [-0.1, -0.05) is 18.2 Å². The van der Waals surface area contributed by atoms with Crippen molar-refractivity contribution in [2.24, 2.45) is 5.73 Å². The summed E-state index contributed by atoms with van der Waals surface area (Å²) >= 11 is 1.15. The average molecular weight is 348 g/mol. The van der Waals surface area contributed by atoms with Crippen LogP contribution in [-0.2, 0) is 14.3 Å². The van der Waals surface area contributed by atoms with Gasteiger partial charge in [-0.15, -0.1) is 11.3 Å². The number of nitrogens with two attached hydrogens (primary N) is 1. The molecule has 1 heterocycles. The van der Waals surface area contributed by atoms with Crippen LogP contribution >= 0.6 is 11.3 Å². The van der Waals surface area contributed by atoms with E-state index in [1.165, 1.54) is 13.0 Å². The molecule has 0 aliphatic carbocycles. The van der Waals surface area contributed by atoms with Crippen LogP contribution in [0.4, 0.5) is 5.00 Å². The highest BCUT2D eigenvalue weighted by Gasteiger charge is 2.20. The molecule has 1 aromatic heterocycles. The second-order valence-electron chi connectivity index (χ2n) is 4.75. The number of para-hydroxylation sites is 1. The fourth-order valence-corrected chi connectivity index (χ4v) is 2.55. The lowest BCUT2D eigenvalue weighted by atomic mass is 10.3. The summed E-state index contributed by atoms with van der Waals surface area (Å²) in [5.74, 6) is -1.36. The van der Waals surface area contributed by atoms with Crippen LogP contribution < -0.4 is 15.8 Å². The fourth-order valence-electron chi connectivity index (χ4n) is 1.76. The van der Waals surface area contributed by atoms with E-state index >= 15 is 0 Å². The molecule has 2 aromatic rings. The predicted octanol–water partition coefficient (Wildman–Crippen LogP) is 1.80. The van der Waals surface area contributed by atoms with Gasteiger partial charge in [0.25, 0.3) is 11.8 Å². The zero-order valence-electron chi connectivity index (χ0n) is 12.9. The van der Waals surface area contributed by atoms with Crippen molar-refractivity contribution in [3.8, 4) is 5.75 Å². The molecule has 0 aliphatic rings. The molecule has 0 bridgehead atoms. The van der Waals surface area contributed by atoms with Crippen LogP contribution in [0.1, 0.15) is 17.3 Å². The summed E-state index contributed by atoms with van der Waals surface area (Å²) < 4.78 is 10.2. The lowest BCUT2D eigenvalue weighted by molar-refractivity contribution is -0.155. The molecule has 0 radical (unpaired) electrons. The molecule has 0 fully saturated rings. The Morgan fingerprint density at radius 3 is 2.58 bits per heavy atom. The summed E-state index contributed by atoms with van der Waals surface area (Å²) in [6.45, 7) is 1.11. The lowest BCUT2D eigenvalue weighted by Gasteiger charge is -2.13. The monoisotopic (exact) mass is 348 g/mol. The first-order valence-electron chi connectivity index (χ1n) is 7.03. The maximum atomic E-state index is 12.0. The summed E-state index contributed by atoms with van der Waals surface area (Å²) in [5.41, 5.74) is 5.41. The second kappa shape index (κ2) is 8.11. The first-order chi connectivity index (χ1) is 11.5. The fraction of sp³-hybridized carbons (Fsp3) is 0.188. The average Bonchev–Trinajstić information content (AvgIpc) is 3.02. The van der Waals surface area contributed by atoms with E-state index in [1.807, 2.05) is 6.07 Å². The Bertz CT molecular complexity index is 729. The molecule has 2 amide bonds. The third kappa shape index (κ3) is 4.82. The van der Waals surface area contributed by atoms with E-state index in [0.29, 0.717) is 10.8 Å². The minimum Gasteiger partial charge on any atom is -0.482 e. The van der Waals surface area contributed by atoms with Crippen LogP contribution in [0.3, 0.4) is 0 Å². The highest BCUT2D eigenvalue weighted by molar-refractivity contribution is 7.14. The molecule has 126 valence electrons. The number of esters is 1. The van der Waals surface area contributed by atoms with E-state index in [0.717, 1.165) is 11.3 Å². The Hall–Kier alpha value is -2.87. The maximum Gasteiger partial charge on any atom is 0.344 e. The summed E-state index contributed by atoms with van der Waals surface area (Å²) in [6.07, 6.45) is -1.04. The third-order valence-electron chi connectivity index (χ3n) is 2.94. The van der Waals surface area contributed by atoms with Crippen molar-refractivity contribution in [2.45, 2.75) is 13.0 Å². The Balaban J connectivity index is 1.83. The number of carbonyl (C=O) groups is 3. The van der Waals surface area contributed by atoms with Crippen molar-refractivity contribution in [3.63, 3.8) is 0 Å². The van der Waals surface area contributed by atoms with Crippen molar-refractivity contribution in [3.05, 3.63) is 47.3 Å². The molecule has 3 N–H and O–H groups in total. The molecule has 0 unspecified atom stereocenters. The first-order valence-corrected chi connectivity index (χ1v) is 7.91. The summed E-state index contributed by atoms with van der Waals surface area (Å²) in [5, 5.41) is 4.45. The summed E-state index contributed by atoms with van der Waals surface area (Å²) in [6, 6.07) is 10.3. The predicted molar refractivity (Wildman–Crippen MR) is 89.0 cm³/mol. The minimum atomic E-state index is -1.04. The number of amides is 2. The number of hydrogen-bond donors (Lipinski definition) is 2. The SMILES string of the molecule is C[C@@H](OC(=O)COc1ccccc1)C(=O)Nc1sccc1C(N)=O. The molecular formula is C16H16N2O5S. The van der Waals surface area contributed by atoms with E-state index in [1.54, 1.807) is 29.6 Å². The van der Waals surface area contributed by atoms with Gasteiger partial charge >= 0.3 is 5.97 Å². The van der Waals surface area contributed by atoms with Crippen molar-refractivity contribution < 1.29 is 23.9 Å². The molecule has 8 heteroatoms. The van der Waals surface area contributed by atoms with Crippen molar-refractivity contribution in [1.29, 1.82) is 0 Å². The number of primary amides is 1. The first kappa shape index (κ1) is 17.5. The number of ether oxygens (including phenoxy) is 2. The lowest BCUT2D eigenvalue weighted by Crippen LogP contribution is -2.32. The van der Waals surface area contributed by atoms with Gasteiger partial charge in [0.15, 0.2) is 12.7 Å². The second-order valence-corrected chi connectivity index (χ2v) is 5.67. The third-order valence-corrected chi connectivity index (χ3v) is 3.77. The molecule has 1 aromatic carbocycles. The number of benzene rings is 1. The van der Waals surface area contributed by atoms with Crippen LogP contribution in [0.25, 0.3) is 0 Å². The van der Waals surface area contributed by atoms with Crippen LogP contribution in [0.5, 0.6) is 5.75 Å². The molecule has 24 heavy (non-hydrogen) atoms. The largest absolute Gasteiger partial charge is 0.482 e.